The summed E-state index contributed by atoms with van der Waals surface area (Å²) in [5.74, 6) is 0.676. The first-order valence-corrected chi connectivity index (χ1v) is 9.41. The minimum atomic E-state index is -0.490. The van der Waals surface area contributed by atoms with E-state index in [1.807, 2.05) is 6.07 Å². The highest BCUT2D eigenvalue weighted by Gasteiger charge is 2.17. The molecule has 0 radical (unpaired) electrons. The second-order valence-electron chi connectivity index (χ2n) is 6.22. The van der Waals surface area contributed by atoms with Crippen LogP contribution in [0.15, 0.2) is 68.3 Å². The molecule has 4 aromatic rings. The number of halogens is 1. The molecule has 0 aliphatic carbocycles. The summed E-state index contributed by atoms with van der Waals surface area (Å²) in [6, 6.07) is 16.4. The molecule has 2 heterocycles. The molecule has 0 bridgehead atoms. The first-order valence-electron chi connectivity index (χ1n) is 8.61. The fourth-order valence-corrected chi connectivity index (χ4v) is 3.31. The molecule has 0 saturated heterocycles. The Hall–Kier alpha value is -4.03. The second-order valence-corrected chi connectivity index (χ2v) is 7.14. The van der Waals surface area contributed by atoms with E-state index in [1.165, 1.54) is 12.1 Å². The van der Waals surface area contributed by atoms with Gasteiger partial charge in [-0.15, -0.1) is 0 Å². The average Bonchev–Trinajstić information content (AvgIpc) is 3.21. The van der Waals surface area contributed by atoms with Crippen molar-refractivity contribution in [1.29, 1.82) is 5.26 Å². The Balaban J connectivity index is 1.76. The molecule has 30 heavy (non-hydrogen) atoms. The third-order valence-electron chi connectivity index (χ3n) is 4.32. The molecule has 9 heteroatoms. The van der Waals surface area contributed by atoms with Gasteiger partial charge in [-0.2, -0.15) is 5.26 Å². The van der Waals surface area contributed by atoms with Crippen molar-refractivity contribution in [3.63, 3.8) is 0 Å². The van der Waals surface area contributed by atoms with E-state index in [0.717, 1.165) is 4.47 Å². The van der Waals surface area contributed by atoms with Gasteiger partial charge in [0, 0.05) is 16.6 Å². The maximum Gasteiger partial charge on any atom is 0.280 e. The van der Waals surface area contributed by atoms with E-state index < -0.39 is 4.92 Å². The van der Waals surface area contributed by atoms with Gasteiger partial charge in [-0.25, -0.2) is 4.98 Å². The predicted octanol–water partition coefficient (Wildman–Crippen LogP) is 4.92. The highest BCUT2D eigenvalue weighted by Crippen LogP contribution is 2.31. The van der Waals surface area contributed by atoms with Crippen LogP contribution in [0.1, 0.15) is 11.6 Å². The maximum atomic E-state index is 12.4. The number of aromatic nitrogens is 2. The molecule has 0 amide bonds. The van der Waals surface area contributed by atoms with Crippen molar-refractivity contribution in [3.8, 4) is 17.4 Å². The van der Waals surface area contributed by atoms with E-state index in [9.17, 15) is 20.2 Å². The number of furan rings is 1. The SMILES string of the molecule is N#CC(=Cc1ccc(-c2ccccc2[N+](=O)[O-])o1)c1nc2ccc(Br)cc2c(=O)[nH]1. The minimum Gasteiger partial charge on any atom is -0.456 e. The molecule has 2 aromatic heterocycles. The van der Waals surface area contributed by atoms with Crippen LogP contribution in [-0.4, -0.2) is 14.9 Å². The van der Waals surface area contributed by atoms with Crippen molar-refractivity contribution in [1.82, 2.24) is 9.97 Å². The van der Waals surface area contributed by atoms with E-state index >= 15 is 0 Å². The van der Waals surface area contributed by atoms with Crippen molar-refractivity contribution in [2.24, 2.45) is 0 Å². The van der Waals surface area contributed by atoms with E-state index in [-0.39, 0.29) is 28.4 Å². The molecule has 0 saturated carbocycles. The lowest BCUT2D eigenvalue weighted by molar-refractivity contribution is -0.384. The third-order valence-corrected chi connectivity index (χ3v) is 4.82. The number of aromatic amines is 1. The number of nitriles is 1. The molecule has 0 aliphatic rings. The number of rotatable bonds is 4. The highest BCUT2D eigenvalue weighted by molar-refractivity contribution is 9.10. The topological polar surface area (TPSA) is 126 Å². The lowest BCUT2D eigenvalue weighted by Crippen LogP contribution is -2.11. The number of para-hydroxylation sites is 1. The number of nitro groups is 1. The van der Waals surface area contributed by atoms with Gasteiger partial charge >= 0.3 is 0 Å². The number of nitro benzene ring substituents is 1. The minimum absolute atomic E-state index is 0.0837. The fraction of sp³-hybridized carbons (Fsp3) is 0. The van der Waals surface area contributed by atoms with Crippen LogP contribution < -0.4 is 5.56 Å². The normalized spacial score (nSPS) is 11.4. The summed E-state index contributed by atoms with van der Waals surface area (Å²) in [6.07, 6.45) is 1.42. The maximum absolute atomic E-state index is 12.4. The zero-order valence-corrected chi connectivity index (χ0v) is 16.7. The van der Waals surface area contributed by atoms with Gasteiger partial charge in [0.25, 0.3) is 11.2 Å². The summed E-state index contributed by atoms with van der Waals surface area (Å²) < 4.78 is 6.43. The molecule has 2 aromatic carbocycles. The molecular formula is C21H11BrN4O4. The lowest BCUT2D eigenvalue weighted by Gasteiger charge is -2.02. The smallest absolute Gasteiger partial charge is 0.280 e. The average molecular weight is 463 g/mol. The Bertz CT molecular complexity index is 1430. The molecule has 146 valence electrons. The van der Waals surface area contributed by atoms with Crippen molar-refractivity contribution >= 4 is 44.2 Å². The summed E-state index contributed by atoms with van der Waals surface area (Å²) in [4.78, 5) is 30.1. The molecule has 0 fully saturated rings. The highest BCUT2D eigenvalue weighted by atomic mass is 79.9. The lowest BCUT2D eigenvalue weighted by atomic mass is 10.1. The summed E-state index contributed by atoms with van der Waals surface area (Å²) in [7, 11) is 0. The zero-order chi connectivity index (χ0) is 21.3. The van der Waals surface area contributed by atoms with Gasteiger partial charge in [-0.05, 0) is 36.4 Å². The second kappa shape index (κ2) is 7.77. The van der Waals surface area contributed by atoms with Crippen molar-refractivity contribution in [3.05, 3.63) is 91.1 Å². The van der Waals surface area contributed by atoms with Gasteiger partial charge in [0.1, 0.15) is 17.6 Å². The standard InChI is InChI=1S/C21H11BrN4O4/c22-13-5-7-17-16(10-13)21(27)25-20(24-17)12(11-23)9-14-6-8-19(30-14)15-3-1-2-4-18(15)26(28)29/h1-10H,(H,24,25,27). The predicted molar refractivity (Wildman–Crippen MR) is 114 cm³/mol. The Morgan fingerprint density at radius 3 is 2.80 bits per heavy atom. The van der Waals surface area contributed by atoms with Crippen molar-refractivity contribution in [2.75, 3.05) is 0 Å². The van der Waals surface area contributed by atoms with Gasteiger partial charge in [0.15, 0.2) is 5.82 Å². The largest absolute Gasteiger partial charge is 0.456 e. The Kier molecular flexibility index (Phi) is 5.00. The number of benzene rings is 2. The van der Waals surface area contributed by atoms with Gasteiger partial charge in [0.2, 0.25) is 0 Å². The van der Waals surface area contributed by atoms with E-state index in [0.29, 0.717) is 22.2 Å². The molecule has 0 spiro atoms. The first kappa shape index (κ1) is 19.3. The van der Waals surface area contributed by atoms with Gasteiger partial charge in [-0.3, -0.25) is 14.9 Å². The van der Waals surface area contributed by atoms with E-state index in [4.69, 9.17) is 4.42 Å². The number of nitrogens with zero attached hydrogens (tertiary/aromatic N) is 3. The molecule has 1 N–H and O–H groups in total. The first-order chi connectivity index (χ1) is 14.5. The quantitative estimate of drug-likeness (QED) is 0.260. The number of nitrogens with one attached hydrogen (secondary N) is 1. The Morgan fingerprint density at radius 1 is 1.23 bits per heavy atom. The van der Waals surface area contributed by atoms with Crippen LogP contribution in [0.5, 0.6) is 0 Å². The van der Waals surface area contributed by atoms with Crippen LogP contribution in [0.2, 0.25) is 0 Å². The summed E-state index contributed by atoms with van der Waals surface area (Å²) in [5, 5.41) is 21.2. The van der Waals surface area contributed by atoms with Crippen LogP contribution in [-0.2, 0) is 0 Å². The zero-order valence-electron chi connectivity index (χ0n) is 15.1. The molecule has 0 unspecified atom stereocenters. The monoisotopic (exact) mass is 462 g/mol. The number of hydrogen-bond donors (Lipinski definition) is 1. The van der Waals surface area contributed by atoms with Crippen LogP contribution >= 0.6 is 15.9 Å². The number of H-pyrrole nitrogens is 1. The van der Waals surface area contributed by atoms with Crippen LogP contribution in [0.3, 0.4) is 0 Å². The van der Waals surface area contributed by atoms with E-state index in [2.05, 4.69) is 25.9 Å². The van der Waals surface area contributed by atoms with Gasteiger partial charge in [0.05, 0.1) is 27.0 Å². The third kappa shape index (κ3) is 3.64. The molecule has 0 aliphatic heterocycles. The number of allylic oxidation sites excluding steroid dienone is 1. The summed E-state index contributed by atoms with van der Waals surface area (Å²) in [5.41, 5.74) is 0.383. The molecular weight excluding hydrogens is 452 g/mol. The van der Waals surface area contributed by atoms with Crippen LogP contribution in [0.25, 0.3) is 33.9 Å². The molecule has 0 atom stereocenters. The van der Waals surface area contributed by atoms with Gasteiger partial charge in [-0.1, -0.05) is 28.1 Å². The molecule has 8 nitrogen and oxygen atoms in total. The summed E-state index contributed by atoms with van der Waals surface area (Å²) in [6.45, 7) is 0. The Labute approximate surface area is 177 Å². The number of fused-ring (bicyclic) bond motifs is 1. The van der Waals surface area contributed by atoms with E-state index in [1.54, 1.807) is 48.5 Å². The Morgan fingerprint density at radius 2 is 2.03 bits per heavy atom. The van der Waals surface area contributed by atoms with Crippen molar-refractivity contribution in [2.45, 2.75) is 0 Å². The molecule has 4 rings (SSSR count). The van der Waals surface area contributed by atoms with Crippen LogP contribution in [0.4, 0.5) is 5.69 Å². The van der Waals surface area contributed by atoms with Crippen molar-refractivity contribution < 1.29 is 9.34 Å². The number of hydrogen-bond acceptors (Lipinski definition) is 6. The summed E-state index contributed by atoms with van der Waals surface area (Å²) >= 11 is 3.31. The van der Waals surface area contributed by atoms with Gasteiger partial charge < -0.3 is 9.40 Å². The van der Waals surface area contributed by atoms with Crippen LogP contribution in [0, 0.1) is 21.4 Å². The fourth-order valence-electron chi connectivity index (χ4n) is 2.95.